The summed E-state index contributed by atoms with van der Waals surface area (Å²) in [7, 11) is 0. The second-order valence-corrected chi connectivity index (χ2v) is 13.4. The third-order valence-electron chi connectivity index (χ3n) is 9.65. The number of esters is 1. The van der Waals surface area contributed by atoms with Gasteiger partial charge in [0.15, 0.2) is 17.7 Å². The van der Waals surface area contributed by atoms with Crippen LogP contribution >= 0.6 is 0 Å². The number of benzene rings is 3. The Morgan fingerprint density at radius 3 is 2.20 bits per heavy atom. The number of aromatic hydroxyl groups is 1. The van der Waals surface area contributed by atoms with Crippen molar-refractivity contribution in [1.82, 2.24) is 9.78 Å². The highest BCUT2D eigenvalue weighted by Crippen LogP contribution is 2.38. The molecule has 2 fully saturated rings. The Bertz CT molecular complexity index is 2100. The summed E-state index contributed by atoms with van der Waals surface area (Å²) >= 11 is 0. The van der Waals surface area contributed by atoms with Crippen molar-refractivity contribution in [1.29, 1.82) is 0 Å². The normalized spacial score (nSPS) is 28.4. The molecule has 9 N–H and O–H groups in total. The Morgan fingerprint density at radius 2 is 1.49 bits per heavy atom. The monoisotopic (exact) mass is 766 g/mol. The first-order valence-corrected chi connectivity index (χ1v) is 17.3. The Kier molecular flexibility index (Phi) is 11.9. The molecule has 55 heavy (non-hydrogen) atoms. The lowest BCUT2D eigenvalue weighted by Crippen LogP contribution is -2.64. The van der Waals surface area contributed by atoms with Crippen molar-refractivity contribution in [2.75, 3.05) is 13.2 Å². The van der Waals surface area contributed by atoms with Crippen molar-refractivity contribution in [3.05, 3.63) is 93.4 Å². The SMILES string of the molecule is Cc1ccc(-n2[nH]c(C)c(N=Nc3cccc(-c4cccc(C(=O)OC5O[C@H](CO)[C@@H](O[C@@H]6O[C@H](CO)[C@H](O)[C@H](O)[C@H]6O)[C@H](O)[C@H]5O)c4)c3O)c2=O)cc1C. The van der Waals surface area contributed by atoms with Crippen LogP contribution in [0.4, 0.5) is 11.4 Å². The first-order chi connectivity index (χ1) is 26.2. The zero-order valence-corrected chi connectivity index (χ0v) is 29.8. The number of para-hydroxylation sites is 1. The number of aliphatic hydroxyl groups excluding tert-OH is 7. The topological polar surface area (TPSA) is 278 Å². The first-order valence-electron chi connectivity index (χ1n) is 17.3. The summed E-state index contributed by atoms with van der Waals surface area (Å²) in [5, 5.41) is 94.1. The molecule has 0 spiro atoms. The van der Waals surface area contributed by atoms with E-state index in [1.807, 2.05) is 26.0 Å². The van der Waals surface area contributed by atoms with Gasteiger partial charge in [0.1, 0.15) is 54.5 Å². The lowest BCUT2D eigenvalue weighted by Gasteiger charge is -2.45. The van der Waals surface area contributed by atoms with Crippen molar-refractivity contribution < 1.29 is 64.6 Å². The highest BCUT2D eigenvalue weighted by molar-refractivity contribution is 5.92. The van der Waals surface area contributed by atoms with E-state index < -0.39 is 86.2 Å². The zero-order valence-electron chi connectivity index (χ0n) is 29.8. The highest BCUT2D eigenvalue weighted by atomic mass is 16.7. The number of aliphatic hydroxyl groups is 7. The van der Waals surface area contributed by atoms with Gasteiger partial charge < -0.3 is 59.8 Å². The van der Waals surface area contributed by atoms with Crippen LogP contribution in [0.2, 0.25) is 0 Å². The smallest absolute Gasteiger partial charge is 0.340 e. The molecule has 10 atom stereocenters. The average Bonchev–Trinajstić information content (AvgIpc) is 3.46. The number of azo groups is 1. The molecule has 6 rings (SSSR count). The molecule has 3 heterocycles. The van der Waals surface area contributed by atoms with Crippen LogP contribution in [0.5, 0.6) is 5.75 Å². The number of carbonyl (C=O) groups is 1. The van der Waals surface area contributed by atoms with Gasteiger partial charge in [-0.3, -0.25) is 9.89 Å². The van der Waals surface area contributed by atoms with Gasteiger partial charge in [-0.05, 0) is 67.8 Å². The lowest BCUT2D eigenvalue weighted by atomic mass is 9.97. The highest BCUT2D eigenvalue weighted by Gasteiger charge is 2.51. The summed E-state index contributed by atoms with van der Waals surface area (Å²) in [6.45, 7) is 4.01. The number of phenolic OH excluding ortho intramolecular Hbond substituents is 1. The molecule has 0 amide bonds. The number of hydrogen-bond acceptors (Lipinski definition) is 16. The van der Waals surface area contributed by atoms with E-state index in [2.05, 4.69) is 15.3 Å². The van der Waals surface area contributed by atoms with Crippen molar-refractivity contribution in [2.24, 2.45) is 10.2 Å². The maximum absolute atomic E-state index is 13.3. The van der Waals surface area contributed by atoms with Crippen molar-refractivity contribution >= 4 is 17.3 Å². The van der Waals surface area contributed by atoms with E-state index in [4.69, 9.17) is 18.9 Å². The molecule has 0 saturated carbocycles. The van der Waals surface area contributed by atoms with Gasteiger partial charge in [0.25, 0.3) is 5.56 Å². The summed E-state index contributed by atoms with van der Waals surface area (Å²) in [6, 6.07) is 16.1. The van der Waals surface area contributed by atoms with Crippen LogP contribution in [0.3, 0.4) is 0 Å². The molecule has 0 aliphatic carbocycles. The summed E-state index contributed by atoms with van der Waals surface area (Å²) in [5.74, 6) is -1.31. The summed E-state index contributed by atoms with van der Waals surface area (Å²) in [5.41, 5.74) is 3.35. The van der Waals surface area contributed by atoms with Crippen LogP contribution < -0.4 is 5.56 Å². The van der Waals surface area contributed by atoms with Crippen LogP contribution in [-0.4, -0.2) is 131 Å². The number of aromatic amines is 1. The third-order valence-corrected chi connectivity index (χ3v) is 9.65. The van der Waals surface area contributed by atoms with Gasteiger partial charge in [-0.1, -0.05) is 30.3 Å². The van der Waals surface area contributed by atoms with Crippen LogP contribution in [-0.2, 0) is 18.9 Å². The second-order valence-electron chi connectivity index (χ2n) is 13.4. The second kappa shape index (κ2) is 16.5. The molecular weight excluding hydrogens is 724 g/mol. The largest absolute Gasteiger partial charge is 0.505 e. The number of hydrogen-bond donors (Lipinski definition) is 9. The minimum absolute atomic E-state index is 0.0338. The van der Waals surface area contributed by atoms with E-state index in [0.29, 0.717) is 16.9 Å². The summed E-state index contributed by atoms with van der Waals surface area (Å²) in [6.07, 6.45) is -17.1. The van der Waals surface area contributed by atoms with Gasteiger partial charge in [0.05, 0.1) is 30.2 Å². The third kappa shape index (κ3) is 7.96. The number of carbonyl (C=O) groups excluding carboxylic acids is 1. The van der Waals surface area contributed by atoms with Gasteiger partial charge in [-0.25, -0.2) is 9.48 Å². The lowest BCUT2D eigenvalue weighted by molar-refractivity contribution is -0.354. The van der Waals surface area contributed by atoms with Crippen molar-refractivity contribution in [2.45, 2.75) is 82.2 Å². The maximum atomic E-state index is 13.3. The molecule has 18 heteroatoms. The van der Waals surface area contributed by atoms with E-state index in [1.54, 1.807) is 31.2 Å². The number of H-pyrrole nitrogens is 1. The van der Waals surface area contributed by atoms with E-state index in [9.17, 15) is 50.4 Å². The number of nitrogens with one attached hydrogen (secondary N) is 1. The first kappa shape index (κ1) is 39.8. The van der Waals surface area contributed by atoms with Gasteiger partial charge >= 0.3 is 5.97 Å². The number of phenols is 1. The van der Waals surface area contributed by atoms with Crippen molar-refractivity contribution in [3.8, 4) is 22.6 Å². The molecule has 0 radical (unpaired) electrons. The molecule has 294 valence electrons. The van der Waals surface area contributed by atoms with E-state index >= 15 is 0 Å². The Hall–Kier alpha value is -4.86. The summed E-state index contributed by atoms with van der Waals surface area (Å²) < 4.78 is 23.1. The van der Waals surface area contributed by atoms with Gasteiger partial charge in [-0.15, -0.1) is 10.2 Å². The molecule has 4 aromatic rings. The summed E-state index contributed by atoms with van der Waals surface area (Å²) in [4.78, 5) is 26.5. The van der Waals surface area contributed by atoms with Crippen LogP contribution in [0.15, 0.2) is 75.7 Å². The number of nitrogens with zero attached hydrogens (tertiary/aromatic N) is 3. The minimum atomic E-state index is -1.94. The molecule has 2 aliphatic heterocycles. The fourth-order valence-corrected chi connectivity index (χ4v) is 6.29. The van der Waals surface area contributed by atoms with Crippen LogP contribution in [0, 0.1) is 20.8 Å². The molecule has 2 saturated heterocycles. The van der Waals surface area contributed by atoms with E-state index in [-0.39, 0.29) is 28.3 Å². The molecule has 18 nitrogen and oxygen atoms in total. The molecule has 1 unspecified atom stereocenters. The van der Waals surface area contributed by atoms with Crippen molar-refractivity contribution in [3.63, 3.8) is 0 Å². The Labute approximate surface area is 313 Å². The maximum Gasteiger partial charge on any atom is 0.340 e. The number of aryl methyl sites for hydroxylation is 3. The van der Waals surface area contributed by atoms with Gasteiger partial charge in [0.2, 0.25) is 6.29 Å². The molecule has 2 aliphatic rings. The van der Waals surface area contributed by atoms with E-state index in [1.165, 1.54) is 28.9 Å². The number of aromatic nitrogens is 2. The average molecular weight is 767 g/mol. The predicted molar refractivity (Wildman–Crippen MR) is 190 cm³/mol. The van der Waals surface area contributed by atoms with Gasteiger partial charge in [0, 0.05) is 5.56 Å². The quantitative estimate of drug-likeness (QED) is 0.0793. The fraction of sp³-hybridized carbons (Fsp3) is 0.405. The molecule has 3 aromatic carbocycles. The van der Waals surface area contributed by atoms with E-state index in [0.717, 1.165) is 11.1 Å². The standard InChI is InChI=1S/C37H42N4O14/c1-16-10-11-21(12-17(16)2)41-34(50)26(18(3)40-41)39-38-23-9-5-8-22(27(23)44)19-6-4-7-20(13-19)35(51)55-37-32(49)30(47)33(25(15-43)53-37)54-36-31(48)29(46)28(45)24(14-42)52-36/h4-13,24-25,28-33,36-37,40,42-49H,14-15H2,1-3H3/t24-,25-,28+,29+,30-,31-,32-,33-,36+,37?/m1/s1. The Balaban J connectivity index is 1.16. The van der Waals surface area contributed by atoms with Crippen LogP contribution in [0.25, 0.3) is 16.8 Å². The number of ether oxygens (including phenoxy) is 4. The molecular formula is C37H42N4O14. The fourth-order valence-electron chi connectivity index (χ4n) is 6.29. The predicted octanol–water partition coefficient (Wildman–Crippen LogP) is 0.660. The molecule has 1 aromatic heterocycles. The number of rotatable bonds is 10. The zero-order chi connectivity index (χ0) is 39.7. The van der Waals surface area contributed by atoms with Crippen LogP contribution in [0.1, 0.15) is 27.2 Å². The minimum Gasteiger partial charge on any atom is -0.505 e. The van der Waals surface area contributed by atoms with Gasteiger partial charge in [-0.2, -0.15) is 0 Å². The molecule has 0 bridgehead atoms. The Morgan fingerprint density at radius 1 is 0.800 bits per heavy atom.